The van der Waals surface area contributed by atoms with Gasteiger partial charge in [-0.2, -0.15) is 11.3 Å². The molecule has 0 spiro atoms. The van der Waals surface area contributed by atoms with Crippen LogP contribution in [0.1, 0.15) is 17.5 Å². The van der Waals surface area contributed by atoms with Crippen LogP contribution in [0.3, 0.4) is 0 Å². The monoisotopic (exact) mass is 288 g/mol. The van der Waals surface area contributed by atoms with E-state index < -0.39 is 0 Å². The number of carbonyl (C=O) groups is 1. The fourth-order valence-electron chi connectivity index (χ4n) is 1.96. The molecule has 0 atom stereocenters. The first kappa shape index (κ1) is 14.6. The molecule has 0 saturated carbocycles. The van der Waals surface area contributed by atoms with Crippen molar-refractivity contribution in [3.05, 3.63) is 58.3 Å². The summed E-state index contributed by atoms with van der Waals surface area (Å²) < 4.78 is 0. The summed E-state index contributed by atoms with van der Waals surface area (Å²) in [6.45, 7) is 1.39. The quantitative estimate of drug-likeness (QED) is 0.755. The Balaban J connectivity index is 1.52. The summed E-state index contributed by atoms with van der Waals surface area (Å²) in [7, 11) is 0. The summed E-state index contributed by atoms with van der Waals surface area (Å²) in [6.07, 6.45) is 2.85. The lowest BCUT2D eigenvalue weighted by Crippen LogP contribution is -2.37. The lowest BCUT2D eigenvalue weighted by Gasteiger charge is -2.07. The Morgan fingerprint density at radius 3 is 2.50 bits per heavy atom. The fourth-order valence-corrected chi connectivity index (χ4v) is 2.66. The molecular weight excluding hydrogens is 268 g/mol. The van der Waals surface area contributed by atoms with Gasteiger partial charge in [-0.15, -0.1) is 0 Å². The van der Waals surface area contributed by atoms with E-state index in [4.69, 9.17) is 0 Å². The van der Waals surface area contributed by atoms with Crippen molar-refractivity contribution >= 4 is 17.4 Å². The van der Waals surface area contributed by atoms with Gasteiger partial charge in [-0.1, -0.05) is 30.3 Å². The predicted molar refractivity (Wildman–Crippen MR) is 84.2 cm³/mol. The molecule has 1 aromatic carbocycles. The first-order chi connectivity index (χ1) is 9.84. The van der Waals surface area contributed by atoms with Gasteiger partial charge in [-0.3, -0.25) is 0 Å². The Morgan fingerprint density at radius 2 is 1.75 bits per heavy atom. The number of hydrogen-bond donors (Lipinski definition) is 2. The number of carbonyl (C=O) groups excluding carboxylic acids is 1. The van der Waals surface area contributed by atoms with E-state index in [9.17, 15) is 4.79 Å². The van der Waals surface area contributed by atoms with Crippen molar-refractivity contribution < 1.29 is 4.79 Å². The van der Waals surface area contributed by atoms with Crippen molar-refractivity contribution in [3.63, 3.8) is 0 Å². The van der Waals surface area contributed by atoms with Crippen LogP contribution in [0, 0.1) is 0 Å². The Labute approximate surface area is 124 Å². The zero-order chi connectivity index (χ0) is 14.0. The van der Waals surface area contributed by atoms with Crippen LogP contribution in [-0.4, -0.2) is 19.1 Å². The second-order valence-corrected chi connectivity index (χ2v) is 5.43. The van der Waals surface area contributed by atoms with E-state index in [0.717, 1.165) is 19.3 Å². The molecule has 0 aliphatic heterocycles. The average molecular weight is 288 g/mol. The third-order valence-electron chi connectivity index (χ3n) is 3.05. The van der Waals surface area contributed by atoms with Gasteiger partial charge in [0.2, 0.25) is 0 Å². The number of urea groups is 1. The maximum Gasteiger partial charge on any atom is 0.314 e. The van der Waals surface area contributed by atoms with E-state index in [2.05, 4.69) is 39.6 Å². The number of benzene rings is 1. The number of hydrogen-bond acceptors (Lipinski definition) is 2. The van der Waals surface area contributed by atoms with Crippen molar-refractivity contribution in [2.45, 2.75) is 19.3 Å². The predicted octanol–water partition coefficient (Wildman–Crippen LogP) is 3.22. The van der Waals surface area contributed by atoms with Gasteiger partial charge in [-0.25, -0.2) is 4.79 Å². The second-order valence-electron chi connectivity index (χ2n) is 4.65. The maximum atomic E-state index is 11.6. The highest BCUT2D eigenvalue weighted by molar-refractivity contribution is 7.07. The highest BCUT2D eigenvalue weighted by atomic mass is 32.1. The molecule has 0 bridgehead atoms. The van der Waals surface area contributed by atoms with Crippen molar-refractivity contribution in [2.24, 2.45) is 0 Å². The number of aryl methyl sites for hydroxylation is 1. The van der Waals surface area contributed by atoms with Crippen LogP contribution in [0.25, 0.3) is 0 Å². The van der Waals surface area contributed by atoms with E-state index in [1.807, 2.05) is 18.2 Å². The largest absolute Gasteiger partial charge is 0.338 e. The second kappa shape index (κ2) is 8.38. The molecular formula is C16H20N2OS. The van der Waals surface area contributed by atoms with Crippen LogP contribution >= 0.6 is 11.3 Å². The normalized spacial score (nSPS) is 10.2. The molecule has 0 unspecified atom stereocenters. The van der Waals surface area contributed by atoms with Crippen molar-refractivity contribution in [3.8, 4) is 0 Å². The van der Waals surface area contributed by atoms with E-state index in [-0.39, 0.29) is 6.03 Å². The summed E-state index contributed by atoms with van der Waals surface area (Å²) in [6, 6.07) is 12.3. The van der Waals surface area contributed by atoms with Crippen LogP contribution in [0.2, 0.25) is 0 Å². The molecule has 3 nitrogen and oxygen atoms in total. The summed E-state index contributed by atoms with van der Waals surface area (Å²) in [5, 5.41) is 9.92. The molecule has 0 aliphatic rings. The molecule has 1 aromatic heterocycles. The lowest BCUT2D eigenvalue weighted by atomic mass is 10.1. The van der Waals surface area contributed by atoms with Crippen molar-refractivity contribution in [1.29, 1.82) is 0 Å². The van der Waals surface area contributed by atoms with Gasteiger partial charge in [0.1, 0.15) is 0 Å². The third kappa shape index (κ3) is 5.45. The van der Waals surface area contributed by atoms with Crippen LogP contribution in [0.5, 0.6) is 0 Å². The topological polar surface area (TPSA) is 41.1 Å². The molecule has 0 aliphatic carbocycles. The Morgan fingerprint density at radius 1 is 0.950 bits per heavy atom. The minimum atomic E-state index is -0.0757. The zero-order valence-electron chi connectivity index (χ0n) is 11.5. The van der Waals surface area contributed by atoms with E-state index in [0.29, 0.717) is 13.1 Å². The molecule has 2 amide bonds. The van der Waals surface area contributed by atoms with Gasteiger partial charge >= 0.3 is 6.03 Å². The van der Waals surface area contributed by atoms with E-state index >= 15 is 0 Å². The fraction of sp³-hybridized carbons (Fsp3) is 0.312. The highest BCUT2D eigenvalue weighted by Crippen LogP contribution is 2.05. The molecule has 2 aromatic rings. The van der Waals surface area contributed by atoms with Crippen LogP contribution in [0.4, 0.5) is 4.79 Å². The SMILES string of the molecule is O=C(NCCCc1ccccc1)NCCc1ccsc1. The molecule has 0 saturated heterocycles. The molecule has 1 heterocycles. The molecule has 0 radical (unpaired) electrons. The summed E-state index contributed by atoms with van der Waals surface area (Å²) in [5.41, 5.74) is 2.59. The summed E-state index contributed by atoms with van der Waals surface area (Å²) in [5.74, 6) is 0. The third-order valence-corrected chi connectivity index (χ3v) is 3.78. The first-order valence-electron chi connectivity index (χ1n) is 6.91. The van der Waals surface area contributed by atoms with E-state index in [1.165, 1.54) is 11.1 Å². The minimum absolute atomic E-state index is 0.0757. The zero-order valence-corrected chi connectivity index (χ0v) is 12.3. The molecule has 106 valence electrons. The molecule has 2 rings (SSSR count). The molecule has 2 N–H and O–H groups in total. The highest BCUT2D eigenvalue weighted by Gasteiger charge is 1.99. The average Bonchev–Trinajstić information content (AvgIpc) is 2.98. The Kier molecular flexibility index (Phi) is 6.11. The van der Waals surface area contributed by atoms with Crippen molar-refractivity contribution in [2.75, 3.05) is 13.1 Å². The molecule has 0 fully saturated rings. The smallest absolute Gasteiger partial charge is 0.314 e. The van der Waals surface area contributed by atoms with Crippen LogP contribution in [-0.2, 0) is 12.8 Å². The van der Waals surface area contributed by atoms with Gasteiger partial charge < -0.3 is 10.6 Å². The first-order valence-corrected chi connectivity index (χ1v) is 7.85. The molecule has 20 heavy (non-hydrogen) atoms. The molecule has 4 heteroatoms. The van der Waals surface area contributed by atoms with Crippen LogP contribution in [0.15, 0.2) is 47.2 Å². The van der Waals surface area contributed by atoms with E-state index in [1.54, 1.807) is 11.3 Å². The summed E-state index contributed by atoms with van der Waals surface area (Å²) >= 11 is 1.68. The van der Waals surface area contributed by atoms with Gasteiger partial charge in [-0.05, 0) is 47.2 Å². The lowest BCUT2D eigenvalue weighted by molar-refractivity contribution is 0.241. The van der Waals surface area contributed by atoms with Crippen molar-refractivity contribution in [1.82, 2.24) is 10.6 Å². The standard InChI is InChI=1S/C16H20N2OS/c19-16(18-11-8-15-9-12-20-13-15)17-10-4-7-14-5-2-1-3-6-14/h1-3,5-6,9,12-13H,4,7-8,10-11H2,(H2,17,18,19). The van der Waals surface area contributed by atoms with Gasteiger partial charge in [0.15, 0.2) is 0 Å². The Hall–Kier alpha value is -1.81. The van der Waals surface area contributed by atoms with Crippen LogP contribution < -0.4 is 10.6 Å². The Bertz CT molecular complexity index is 496. The summed E-state index contributed by atoms with van der Waals surface area (Å²) in [4.78, 5) is 11.6. The number of nitrogens with one attached hydrogen (secondary N) is 2. The number of thiophene rings is 1. The van der Waals surface area contributed by atoms with Gasteiger partial charge in [0.05, 0.1) is 0 Å². The van der Waals surface area contributed by atoms with Gasteiger partial charge in [0.25, 0.3) is 0 Å². The number of rotatable bonds is 7. The minimum Gasteiger partial charge on any atom is -0.338 e. The number of amides is 2. The van der Waals surface area contributed by atoms with Gasteiger partial charge in [0, 0.05) is 13.1 Å². The maximum absolute atomic E-state index is 11.6.